The first-order valence-electron chi connectivity index (χ1n) is 5.22. The number of ether oxygens (including phenoxy) is 1. The van der Waals surface area contributed by atoms with Crippen LogP contribution in [0, 0.1) is 0 Å². The zero-order valence-electron chi connectivity index (χ0n) is 10.2. The van der Waals surface area contributed by atoms with Crippen LogP contribution in [0.15, 0.2) is 12.4 Å². The highest BCUT2D eigenvalue weighted by Crippen LogP contribution is 2.11. The molecule has 0 aliphatic rings. The number of nitrogens with zero attached hydrogens (tertiary/aromatic N) is 2. The second kappa shape index (κ2) is 4.77. The molecular formula is C11H21N3O. The van der Waals surface area contributed by atoms with Gasteiger partial charge in [-0.25, -0.2) is 4.98 Å². The van der Waals surface area contributed by atoms with Crippen LogP contribution in [0.1, 0.15) is 32.6 Å². The normalized spacial score (nSPS) is 14.2. The average Bonchev–Trinajstić information content (AvgIpc) is 2.61. The number of aryl methyl sites for hydroxylation is 1. The van der Waals surface area contributed by atoms with Gasteiger partial charge in [0.1, 0.15) is 5.82 Å². The van der Waals surface area contributed by atoms with Crippen molar-refractivity contribution >= 4 is 0 Å². The molecule has 0 radical (unpaired) electrons. The fraction of sp³-hybridized carbons (Fsp3) is 0.727. The van der Waals surface area contributed by atoms with Crippen molar-refractivity contribution in [1.29, 1.82) is 0 Å². The van der Waals surface area contributed by atoms with Crippen molar-refractivity contribution in [3.8, 4) is 0 Å². The van der Waals surface area contributed by atoms with Gasteiger partial charge < -0.3 is 14.6 Å². The van der Waals surface area contributed by atoms with Gasteiger partial charge in [0.05, 0.1) is 11.6 Å². The molecule has 4 nitrogen and oxygen atoms in total. The highest BCUT2D eigenvalue weighted by atomic mass is 16.5. The van der Waals surface area contributed by atoms with Crippen LogP contribution < -0.4 is 5.32 Å². The summed E-state index contributed by atoms with van der Waals surface area (Å²) in [6, 6.07) is 0.236. The fourth-order valence-electron chi connectivity index (χ4n) is 1.36. The predicted molar refractivity (Wildman–Crippen MR) is 60.7 cm³/mol. The molecule has 0 saturated heterocycles. The van der Waals surface area contributed by atoms with Gasteiger partial charge in [0.2, 0.25) is 0 Å². The Kier molecular flexibility index (Phi) is 3.88. The lowest BCUT2D eigenvalue weighted by molar-refractivity contribution is 0.0212. The van der Waals surface area contributed by atoms with E-state index in [0.717, 1.165) is 12.4 Å². The van der Waals surface area contributed by atoms with Crippen molar-refractivity contribution in [3.63, 3.8) is 0 Å². The van der Waals surface area contributed by atoms with E-state index in [9.17, 15) is 0 Å². The summed E-state index contributed by atoms with van der Waals surface area (Å²) >= 11 is 0. The third-order valence-corrected chi connectivity index (χ3v) is 2.63. The molecule has 0 aliphatic carbocycles. The summed E-state index contributed by atoms with van der Waals surface area (Å²) in [6.07, 6.45) is 3.77. The summed E-state index contributed by atoms with van der Waals surface area (Å²) in [5.41, 5.74) is -0.139. The van der Waals surface area contributed by atoms with Gasteiger partial charge in [0.15, 0.2) is 0 Å². The standard InChI is InChI=1S/C11H21N3O/c1-9(10-12-6-7-14(10)4)13-8-11(2,3)15-5/h6-7,9,13H,8H2,1-5H3. The average molecular weight is 211 g/mol. The lowest BCUT2D eigenvalue weighted by Gasteiger charge is -2.25. The number of aromatic nitrogens is 2. The van der Waals surface area contributed by atoms with Crippen molar-refractivity contribution in [2.75, 3.05) is 13.7 Å². The maximum absolute atomic E-state index is 5.35. The number of hydrogen-bond donors (Lipinski definition) is 1. The third-order valence-electron chi connectivity index (χ3n) is 2.63. The first kappa shape index (κ1) is 12.2. The largest absolute Gasteiger partial charge is 0.377 e. The molecule has 1 N–H and O–H groups in total. The lowest BCUT2D eigenvalue weighted by Crippen LogP contribution is -2.38. The van der Waals surface area contributed by atoms with E-state index in [-0.39, 0.29) is 11.6 Å². The second-order valence-electron chi connectivity index (χ2n) is 4.46. The number of rotatable bonds is 5. The van der Waals surface area contributed by atoms with E-state index in [1.807, 2.05) is 24.0 Å². The van der Waals surface area contributed by atoms with Crippen LogP contribution in [0.3, 0.4) is 0 Å². The molecule has 0 aromatic carbocycles. The Morgan fingerprint density at radius 2 is 2.27 bits per heavy atom. The monoisotopic (exact) mass is 211 g/mol. The summed E-state index contributed by atoms with van der Waals surface area (Å²) in [6.45, 7) is 7.03. The maximum Gasteiger partial charge on any atom is 0.125 e. The van der Waals surface area contributed by atoms with Crippen molar-refractivity contribution in [1.82, 2.24) is 14.9 Å². The Morgan fingerprint density at radius 3 is 2.73 bits per heavy atom. The summed E-state index contributed by atoms with van der Waals surface area (Å²) < 4.78 is 7.37. The third kappa shape index (κ3) is 3.32. The zero-order valence-corrected chi connectivity index (χ0v) is 10.2. The Hall–Kier alpha value is -0.870. The van der Waals surface area contributed by atoms with Crippen molar-refractivity contribution in [2.45, 2.75) is 32.4 Å². The molecule has 0 saturated carbocycles. The molecule has 0 spiro atoms. The summed E-state index contributed by atoms with van der Waals surface area (Å²) in [7, 11) is 3.73. The minimum absolute atomic E-state index is 0.139. The van der Waals surface area contributed by atoms with Crippen LogP contribution in [0.5, 0.6) is 0 Å². The van der Waals surface area contributed by atoms with E-state index >= 15 is 0 Å². The molecule has 0 amide bonds. The fourth-order valence-corrected chi connectivity index (χ4v) is 1.36. The van der Waals surface area contributed by atoms with Crippen LogP contribution >= 0.6 is 0 Å². The molecule has 0 fully saturated rings. The molecule has 1 unspecified atom stereocenters. The Morgan fingerprint density at radius 1 is 1.60 bits per heavy atom. The van der Waals surface area contributed by atoms with Crippen LogP contribution in [0.25, 0.3) is 0 Å². The first-order chi connectivity index (χ1) is 6.96. The van der Waals surface area contributed by atoms with Crippen LogP contribution in [-0.2, 0) is 11.8 Å². The number of methoxy groups -OCH3 is 1. The SMILES string of the molecule is COC(C)(C)CNC(C)c1nccn1C. The quantitative estimate of drug-likeness (QED) is 0.802. The van der Waals surface area contributed by atoms with Gasteiger partial charge in [0, 0.05) is 33.1 Å². The van der Waals surface area contributed by atoms with E-state index < -0.39 is 0 Å². The Bertz CT molecular complexity index is 307. The smallest absolute Gasteiger partial charge is 0.125 e. The zero-order chi connectivity index (χ0) is 11.5. The van der Waals surface area contributed by atoms with E-state index in [1.165, 1.54) is 0 Å². The molecule has 0 aliphatic heterocycles. The summed E-state index contributed by atoms with van der Waals surface area (Å²) in [4.78, 5) is 4.30. The molecule has 1 aromatic heterocycles. The summed E-state index contributed by atoms with van der Waals surface area (Å²) in [5, 5.41) is 3.41. The first-order valence-corrected chi connectivity index (χ1v) is 5.22. The topological polar surface area (TPSA) is 39.1 Å². The van der Waals surface area contributed by atoms with Crippen molar-refractivity contribution in [3.05, 3.63) is 18.2 Å². The number of imidazole rings is 1. The van der Waals surface area contributed by atoms with Crippen LogP contribution in [0.2, 0.25) is 0 Å². The van der Waals surface area contributed by atoms with E-state index in [2.05, 4.69) is 31.1 Å². The minimum Gasteiger partial charge on any atom is -0.377 e. The predicted octanol–water partition coefficient (Wildman–Crippen LogP) is 1.50. The molecule has 15 heavy (non-hydrogen) atoms. The number of nitrogens with one attached hydrogen (secondary N) is 1. The molecule has 4 heteroatoms. The maximum atomic E-state index is 5.35. The van der Waals surface area contributed by atoms with Gasteiger partial charge in [-0.15, -0.1) is 0 Å². The van der Waals surface area contributed by atoms with Gasteiger partial charge in [-0.3, -0.25) is 0 Å². The summed E-state index contributed by atoms with van der Waals surface area (Å²) in [5.74, 6) is 1.04. The highest BCUT2D eigenvalue weighted by molar-refractivity contribution is 4.97. The molecule has 0 bridgehead atoms. The lowest BCUT2D eigenvalue weighted by atomic mass is 10.1. The molecule has 1 aromatic rings. The molecule has 1 atom stereocenters. The van der Waals surface area contributed by atoms with Gasteiger partial charge in [-0.05, 0) is 20.8 Å². The van der Waals surface area contributed by atoms with E-state index in [1.54, 1.807) is 7.11 Å². The van der Waals surface area contributed by atoms with E-state index in [4.69, 9.17) is 4.74 Å². The van der Waals surface area contributed by atoms with Gasteiger partial charge in [-0.2, -0.15) is 0 Å². The second-order valence-corrected chi connectivity index (χ2v) is 4.46. The van der Waals surface area contributed by atoms with Crippen molar-refractivity contribution < 1.29 is 4.74 Å². The highest BCUT2D eigenvalue weighted by Gasteiger charge is 2.18. The molecule has 86 valence electrons. The van der Waals surface area contributed by atoms with Crippen LogP contribution in [-0.4, -0.2) is 28.8 Å². The minimum atomic E-state index is -0.139. The molecular weight excluding hydrogens is 190 g/mol. The van der Waals surface area contributed by atoms with Gasteiger partial charge in [-0.1, -0.05) is 0 Å². The van der Waals surface area contributed by atoms with Gasteiger partial charge in [0.25, 0.3) is 0 Å². The van der Waals surface area contributed by atoms with E-state index in [0.29, 0.717) is 0 Å². The Balaban J connectivity index is 2.50. The number of hydrogen-bond acceptors (Lipinski definition) is 3. The molecule has 1 rings (SSSR count). The van der Waals surface area contributed by atoms with Crippen LogP contribution in [0.4, 0.5) is 0 Å². The van der Waals surface area contributed by atoms with Gasteiger partial charge >= 0.3 is 0 Å². The molecule has 1 heterocycles. The van der Waals surface area contributed by atoms with Crippen molar-refractivity contribution in [2.24, 2.45) is 7.05 Å². The Labute approximate surface area is 91.7 Å².